The molecule has 0 saturated carbocycles. The Bertz CT molecular complexity index is 914. The number of aromatic nitrogens is 2. The summed E-state index contributed by atoms with van der Waals surface area (Å²) in [5, 5.41) is 12.4. The molecule has 0 unspecified atom stereocenters. The van der Waals surface area contributed by atoms with E-state index in [0.717, 1.165) is 11.8 Å². The summed E-state index contributed by atoms with van der Waals surface area (Å²) in [6.45, 7) is 3.49. The first-order valence-corrected chi connectivity index (χ1v) is 8.94. The fraction of sp³-hybridized carbons (Fsp3) is 0.200. The monoisotopic (exact) mass is 378 g/mol. The highest BCUT2D eigenvalue weighted by atomic mass is 32.2. The standard InChI is InChI=1S/C15H14N4O4S2/c1-7-9(3-5-22-7)13-18-19-15(23-13)25-8(2)12(21)17-14-10(11(16)20)4-6-24-14/h3-6,8H,1-2H3,(H2,16,20)(H,17,21)/t8-/m1/s1. The Labute approximate surface area is 150 Å². The van der Waals surface area contributed by atoms with Crippen LogP contribution in [0, 0.1) is 6.92 Å². The van der Waals surface area contributed by atoms with Crippen LogP contribution in [0.4, 0.5) is 5.00 Å². The lowest BCUT2D eigenvalue weighted by Crippen LogP contribution is -2.23. The Morgan fingerprint density at radius 3 is 2.84 bits per heavy atom. The Morgan fingerprint density at radius 2 is 2.16 bits per heavy atom. The summed E-state index contributed by atoms with van der Waals surface area (Å²) >= 11 is 2.35. The van der Waals surface area contributed by atoms with Gasteiger partial charge in [-0.2, -0.15) is 0 Å². The van der Waals surface area contributed by atoms with Gasteiger partial charge in [0.1, 0.15) is 10.8 Å². The Kier molecular flexibility index (Phi) is 4.91. The van der Waals surface area contributed by atoms with Crippen molar-refractivity contribution in [3.63, 3.8) is 0 Å². The summed E-state index contributed by atoms with van der Waals surface area (Å²) in [6, 6.07) is 3.30. The molecular formula is C15H14N4O4S2. The highest BCUT2D eigenvalue weighted by molar-refractivity contribution is 8.00. The third-order valence-electron chi connectivity index (χ3n) is 3.31. The van der Waals surface area contributed by atoms with E-state index in [1.54, 1.807) is 31.4 Å². The average Bonchev–Trinajstić information content (AvgIpc) is 3.27. The summed E-state index contributed by atoms with van der Waals surface area (Å²) in [5.74, 6) is 0.112. The van der Waals surface area contributed by atoms with Crippen LogP contribution in [0.2, 0.25) is 0 Å². The van der Waals surface area contributed by atoms with E-state index >= 15 is 0 Å². The molecular weight excluding hydrogens is 364 g/mol. The smallest absolute Gasteiger partial charge is 0.277 e. The molecule has 3 aromatic rings. The first-order chi connectivity index (χ1) is 12.0. The summed E-state index contributed by atoms with van der Waals surface area (Å²) in [6.07, 6.45) is 1.54. The minimum absolute atomic E-state index is 0.263. The first kappa shape index (κ1) is 17.2. The van der Waals surface area contributed by atoms with Crippen molar-refractivity contribution in [2.45, 2.75) is 24.3 Å². The molecule has 0 saturated heterocycles. The molecule has 3 heterocycles. The number of rotatable bonds is 6. The largest absolute Gasteiger partial charge is 0.469 e. The van der Waals surface area contributed by atoms with E-state index in [0.29, 0.717) is 22.2 Å². The number of thiophene rings is 1. The lowest BCUT2D eigenvalue weighted by atomic mass is 10.3. The van der Waals surface area contributed by atoms with Gasteiger partial charge in [0.25, 0.3) is 17.0 Å². The SMILES string of the molecule is Cc1occc1-c1nnc(S[C@H](C)C(=O)Nc2sccc2C(N)=O)o1. The zero-order valence-corrected chi connectivity index (χ0v) is 14.9. The number of nitrogens with two attached hydrogens (primary N) is 1. The zero-order chi connectivity index (χ0) is 18.0. The number of nitrogens with zero attached hydrogens (tertiary/aromatic N) is 2. The van der Waals surface area contributed by atoms with E-state index in [2.05, 4.69) is 15.5 Å². The quantitative estimate of drug-likeness (QED) is 0.632. The lowest BCUT2D eigenvalue weighted by molar-refractivity contribution is -0.115. The van der Waals surface area contributed by atoms with Crippen LogP contribution in [0.3, 0.4) is 0 Å². The molecule has 8 nitrogen and oxygen atoms in total. The minimum atomic E-state index is -0.589. The van der Waals surface area contributed by atoms with E-state index in [-0.39, 0.29) is 16.7 Å². The number of hydrogen-bond acceptors (Lipinski definition) is 8. The molecule has 3 N–H and O–H groups in total. The van der Waals surface area contributed by atoms with E-state index < -0.39 is 11.2 Å². The van der Waals surface area contributed by atoms with E-state index in [4.69, 9.17) is 14.6 Å². The Balaban J connectivity index is 1.66. The number of furan rings is 1. The molecule has 0 aliphatic carbocycles. The van der Waals surface area contributed by atoms with Crippen molar-refractivity contribution in [1.82, 2.24) is 10.2 Å². The van der Waals surface area contributed by atoms with Crippen molar-refractivity contribution in [2.75, 3.05) is 5.32 Å². The van der Waals surface area contributed by atoms with E-state index in [1.165, 1.54) is 17.6 Å². The predicted molar refractivity (Wildman–Crippen MR) is 93.5 cm³/mol. The third-order valence-corrected chi connectivity index (χ3v) is 5.07. The molecule has 3 aromatic heterocycles. The van der Waals surface area contributed by atoms with Crippen molar-refractivity contribution >= 4 is 39.9 Å². The molecule has 0 radical (unpaired) electrons. The lowest BCUT2D eigenvalue weighted by Gasteiger charge is -2.09. The molecule has 130 valence electrons. The number of amides is 2. The molecule has 1 atom stereocenters. The van der Waals surface area contributed by atoms with Gasteiger partial charge in [-0.05, 0) is 31.4 Å². The second-order valence-electron chi connectivity index (χ2n) is 5.04. The second-order valence-corrected chi connectivity index (χ2v) is 7.25. The minimum Gasteiger partial charge on any atom is -0.469 e. The third kappa shape index (κ3) is 3.74. The second kappa shape index (κ2) is 7.11. The zero-order valence-electron chi connectivity index (χ0n) is 13.3. The number of anilines is 1. The number of hydrogen-bond donors (Lipinski definition) is 2. The Hall–Kier alpha value is -2.59. The normalized spacial score (nSPS) is 12.1. The van der Waals surface area contributed by atoms with Crippen LogP contribution in [-0.2, 0) is 4.79 Å². The van der Waals surface area contributed by atoms with Gasteiger partial charge in [0, 0.05) is 0 Å². The van der Waals surface area contributed by atoms with Gasteiger partial charge < -0.3 is 19.9 Å². The highest BCUT2D eigenvalue weighted by Crippen LogP contribution is 2.29. The van der Waals surface area contributed by atoms with E-state index in [9.17, 15) is 9.59 Å². The van der Waals surface area contributed by atoms with Crippen LogP contribution in [0.1, 0.15) is 23.0 Å². The van der Waals surface area contributed by atoms with Gasteiger partial charge in [-0.15, -0.1) is 21.5 Å². The van der Waals surface area contributed by atoms with E-state index in [1.807, 2.05) is 0 Å². The van der Waals surface area contributed by atoms with Crippen molar-refractivity contribution in [1.29, 1.82) is 0 Å². The van der Waals surface area contributed by atoms with Crippen LogP contribution < -0.4 is 11.1 Å². The molecule has 2 amide bonds. The van der Waals surface area contributed by atoms with Gasteiger partial charge in [0.15, 0.2) is 0 Å². The number of thioether (sulfide) groups is 1. The van der Waals surface area contributed by atoms with Crippen LogP contribution in [0.25, 0.3) is 11.5 Å². The van der Waals surface area contributed by atoms with Crippen molar-refractivity contribution < 1.29 is 18.4 Å². The summed E-state index contributed by atoms with van der Waals surface area (Å²) in [7, 11) is 0. The number of primary amides is 1. The fourth-order valence-electron chi connectivity index (χ4n) is 1.99. The molecule has 0 bridgehead atoms. The number of nitrogens with one attached hydrogen (secondary N) is 1. The van der Waals surface area contributed by atoms with Gasteiger partial charge in [-0.3, -0.25) is 9.59 Å². The molecule has 0 aliphatic heterocycles. The summed E-state index contributed by atoms with van der Waals surface area (Å²) in [5.41, 5.74) is 6.26. The van der Waals surface area contributed by atoms with Gasteiger partial charge >= 0.3 is 0 Å². The average molecular weight is 378 g/mol. The van der Waals surface area contributed by atoms with Gasteiger partial charge in [0.05, 0.1) is 22.6 Å². The number of aryl methyl sites for hydroxylation is 1. The molecule has 25 heavy (non-hydrogen) atoms. The topological polar surface area (TPSA) is 124 Å². The number of carbonyl (C=O) groups excluding carboxylic acids is 2. The molecule has 0 spiro atoms. The Morgan fingerprint density at radius 1 is 1.36 bits per heavy atom. The molecule has 0 aliphatic rings. The molecule has 10 heteroatoms. The van der Waals surface area contributed by atoms with Crippen LogP contribution in [0.15, 0.2) is 37.8 Å². The van der Waals surface area contributed by atoms with Crippen LogP contribution in [-0.4, -0.2) is 27.3 Å². The highest BCUT2D eigenvalue weighted by Gasteiger charge is 2.21. The molecule has 0 aromatic carbocycles. The maximum Gasteiger partial charge on any atom is 0.277 e. The summed E-state index contributed by atoms with van der Waals surface area (Å²) < 4.78 is 10.8. The van der Waals surface area contributed by atoms with Gasteiger partial charge in [-0.25, -0.2) is 0 Å². The van der Waals surface area contributed by atoms with Crippen molar-refractivity contribution in [2.24, 2.45) is 5.73 Å². The van der Waals surface area contributed by atoms with Crippen LogP contribution >= 0.6 is 23.1 Å². The maximum absolute atomic E-state index is 12.3. The van der Waals surface area contributed by atoms with Crippen molar-refractivity contribution in [3.05, 3.63) is 35.1 Å². The van der Waals surface area contributed by atoms with Crippen molar-refractivity contribution in [3.8, 4) is 11.5 Å². The van der Waals surface area contributed by atoms with Gasteiger partial charge in [-0.1, -0.05) is 11.8 Å². The number of carbonyl (C=O) groups is 2. The molecule has 0 fully saturated rings. The molecule has 3 rings (SSSR count). The van der Waals surface area contributed by atoms with Gasteiger partial charge in [0.2, 0.25) is 5.91 Å². The maximum atomic E-state index is 12.3. The first-order valence-electron chi connectivity index (χ1n) is 7.18. The predicted octanol–water partition coefficient (Wildman–Crippen LogP) is 2.92. The summed E-state index contributed by atoms with van der Waals surface area (Å²) in [4.78, 5) is 23.6. The fourth-order valence-corrected chi connectivity index (χ4v) is 3.47. The van der Waals surface area contributed by atoms with Crippen LogP contribution in [0.5, 0.6) is 0 Å².